The fraction of sp³-hybridized carbons (Fsp3) is 0.667. The topological polar surface area (TPSA) is 32.3 Å². The van der Waals surface area contributed by atoms with E-state index in [2.05, 4.69) is 16.1 Å². The van der Waals surface area contributed by atoms with Gasteiger partial charge in [0.1, 0.15) is 0 Å². The quantitative estimate of drug-likeness (QED) is 0.466. The summed E-state index contributed by atoms with van der Waals surface area (Å²) in [6, 6.07) is 0. The lowest BCUT2D eigenvalue weighted by Gasteiger charge is -2.25. The normalized spacial score (nSPS) is 18.4. The van der Waals surface area contributed by atoms with Crippen LogP contribution in [-0.2, 0) is 4.79 Å². The molecule has 0 aromatic carbocycles. The van der Waals surface area contributed by atoms with Crippen LogP contribution in [0.3, 0.4) is 0 Å². The predicted octanol–water partition coefficient (Wildman–Crippen LogP) is -0.168. The second kappa shape index (κ2) is 4.78. The van der Waals surface area contributed by atoms with E-state index in [1.165, 1.54) is 0 Å². The van der Waals surface area contributed by atoms with Gasteiger partial charge in [-0.25, -0.2) is 0 Å². The number of carbonyl (C=O) groups excluding carboxylic acids is 1. The lowest BCUT2D eigenvalue weighted by Crippen LogP contribution is -2.47. The number of piperazine rings is 1. The first kappa shape index (κ1) is 9.08. The van der Waals surface area contributed by atoms with Gasteiger partial charge in [-0.05, 0) is 13.0 Å². The number of nitrogens with zero attached hydrogens (tertiary/aromatic N) is 1. The summed E-state index contributed by atoms with van der Waals surface area (Å²) in [4.78, 5) is 13.0. The molecular formula is C9H14N2O. The number of hydrogen-bond donors (Lipinski definition) is 1. The molecule has 0 unspecified atom stereocenters. The van der Waals surface area contributed by atoms with Crippen molar-refractivity contribution < 1.29 is 4.79 Å². The molecule has 1 amide bonds. The third-order valence-electron chi connectivity index (χ3n) is 1.91. The fourth-order valence-electron chi connectivity index (χ4n) is 1.29. The molecular weight excluding hydrogens is 152 g/mol. The first-order valence-corrected chi connectivity index (χ1v) is 4.25. The van der Waals surface area contributed by atoms with Crippen molar-refractivity contribution in [2.24, 2.45) is 0 Å². The molecule has 3 nitrogen and oxygen atoms in total. The molecule has 0 saturated carbocycles. The maximum absolute atomic E-state index is 10.9. The number of amides is 1. The average Bonchev–Trinajstić information content (AvgIpc) is 2.05. The van der Waals surface area contributed by atoms with E-state index in [9.17, 15) is 4.79 Å². The molecule has 0 atom stereocenters. The van der Waals surface area contributed by atoms with Gasteiger partial charge in [-0.15, -0.1) is 12.3 Å². The molecule has 1 aliphatic heterocycles. The Morgan fingerprint density at radius 2 is 2.50 bits per heavy atom. The minimum atomic E-state index is 0.127. The maximum atomic E-state index is 10.9. The zero-order valence-electron chi connectivity index (χ0n) is 7.18. The zero-order chi connectivity index (χ0) is 8.81. The summed E-state index contributed by atoms with van der Waals surface area (Å²) < 4.78 is 0. The lowest BCUT2D eigenvalue weighted by atomic mass is 10.2. The molecule has 0 radical (unpaired) electrons. The van der Waals surface area contributed by atoms with E-state index < -0.39 is 0 Å². The van der Waals surface area contributed by atoms with Gasteiger partial charge >= 0.3 is 0 Å². The third-order valence-corrected chi connectivity index (χ3v) is 1.91. The summed E-state index contributed by atoms with van der Waals surface area (Å²) >= 11 is 0. The molecule has 3 heteroatoms. The van der Waals surface area contributed by atoms with Gasteiger partial charge in [-0.1, -0.05) is 0 Å². The Morgan fingerprint density at radius 3 is 3.17 bits per heavy atom. The van der Waals surface area contributed by atoms with Crippen molar-refractivity contribution in [2.45, 2.75) is 12.8 Å². The monoisotopic (exact) mass is 166 g/mol. The van der Waals surface area contributed by atoms with E-state index in [4.69, 9.17) is 6.42 Å². The number of rotatable bonds is 3. The highest BCUT2D eigenvalue weighted by molar-refractivity contribution is 5.78. The van der Waals surface area contributed by atoms with Crippen LogP contribution in [0.4, 0.5) is 0 Å². The van der Waals surface area contributed by atoms with Crippen LogP contribution in [0.5, 0.6) is 0 Å². The van der Waals surface area contributed by atoms with Gasteiger partial charge in [0.15, 0.2) is 0 Å². The molecule has 0 aromatic rings. The van der Waals surface area contributed by atoms with E-state index in [-0.39, 0.29) is 5.91 Å². The smallest absolute Gasteiger partial charge is 0.234 e. The highest BCUT2D eigenvalue weighted by Gasteiger charge is 2.14. The Kier molecular flexibility index (Phi) is 3.62. The lowest BCUT2D eigenvalue weighted by molar-refractivity contribution is -0.124. The van der Waals surface area contributed by atoms with E-state index in [1.54, 1.807) is 0 Å². The molecule has 1 saturated heterocycles. The summed E-state index contributed by atoms with van der Waals surface area (Å²) in [5, 5.41) is 2.78. The fourth-order valence-corrected chi connectivity index (χ4v) is 1.29. The Bertz CT molecular complexity index is 195. The summed E-state index contributed by atoms with van der Waals surface area (Å²) in [5.41, 5.74) is 0. The van der Waals surface area contributed by atoms with Crippen LogP contribution < -0.4 is 5.32 Å². The van der Waals surface area contributed by atoms with Gasteiger partial charge in [-0.3, -0.25) is 9.69 Å². The Hall–Kier alpha value is -1.01. The van der Waals surface area contributed by atoms with E-state index in [0.717, 1.165) is 32.5 Å². The van der Waals surface area contributed by atoms with Crippen molar-refractivity contribution >= 4 is 5.91 Å². The Morgan fingerprint density at radius 1 is 1.67 bits per heavy atom. The molecule has 0 aromatic heterocycles. The average molecular weight is 166 g/mol. The molecule has 0 bridgehead atoms. The van der Waals surface area contributed by atoms with Crippen molar-refractivity contribution in [3.05, 3.63) is 0 Å². The predicted molar refractivity (Wildman–Crippen MR) is 47.5 cm³/mol. The standard InChI is InChI=1S/C9H14N2O/c1-2-3-4-6-11-7-5-10-9(12)8-11/h1H,3-8H2,(H,10,12). The molecule has 0 aliphatic carbocycles. The number of nitrogens with one attached hydrogen (secondary N) is 1. The van der Waals surface area contributed by atoms with Crippen LogP contribution in [0.1, 0.15) is 12.8 Å². The SMILES string of the molecule is C#CCCCN1CCNC(=O)C1. The minimum Gasteiger partial charge on any atom is -0.354 e. The van der Waals surface area contributed by atoms with Gasteiger partial charge < -0.3 is 5.32 Å². The van der Waals surface area contributed by atoms with Gasteiger partial charge in [0.2, 0.25) is 5.91 Å². The maximum Gasteiger partial charge on any atom is 0.234 e. The molecule has 1 N–H and O–H groups in total. The van der Waals surface area contributed by atoms with E-state index in [1.807, 2.05) is 0 Å². The number of unbranched alkanes of at least 4 members (excludes halogenated alkanes) is 1. The van der Waals surface area contributed by atoms with Crippen molar-refractivity contribution in [3.63, 3.8) is 0 Å². The van der Waals surface area contributed by atoms with Crippen LogP contribution >= 0.6 is 0 Å². The van der Waals surface area contributed by atoms with Crippen molar-refractivity contribution in [3.8, 4) is 12.3 Å². The number of carbonyl (C=O) groups is 1. The van der Waals surface area contributed by atoms with E-state index >= 15 is 0 Å². The summed E-state index contributed by atoms with van der Waals surface area (Å²) in [5.74, 6) is 2.72. The molecule has 0 spiro atoms. The zero-order valence-corrected chi connectivity index (χ0v) is 7.18. The molecule has 1 rings (SSSR count). The molecule has 12 heavy (non-hydrogen) atoms. The van der Waals surface area contributed by atoms with Crippen LogP contribution in [-0.4, -0.2) is 37.0 Å². The van der Waals surface area contributed by atoms with Crippen LogP contribution in [0.2, 0.25) is 0 Å². The number of terminal acetylenes is 1. The summed E-state index contributed by atoms with van der Waals surface area (Å²) in [6.45, 7) is 3.20. The molecule has 66 valence electrons. The molecule has 1 fully saturated rings. The van der Waals surface area contributed by atoms with Crippen LogP contribution in [0.25, 0.3) is 0 Å². The van der Waals surface area contributed by atoms with Gasteiger partial charge in [0.25, 0.3) is 0 Å². The minimum absolute atomic E-state index is 0.127. The second-order valence-electron chi connectivity index (χ2n) is 2.93. The van der Waals surface area contributed by atoms with Crippen molar-refractivity contribution in [1.29, 1.82) is 0 Å². The van der Waals surface area contributed by atoms with Gasteiger partial charge in [0.05, 0.1) is 6.54 Å². The third kappa shape index (κ3) is 2.93. The van der Waals surface area contributed by atoms with Crippen molar-refractivity contribution in [2.75, 3.05) is 26.2 Å². The van der Waals surface area contributed by atoms with Crippen LogP contribution in [0, 0.1) is 12.3 Å². The summed E-state index contributed by atoms with van der Waals surface area (Å²) in [6.07, 6.45) is 6.92. The van der Waals surface area contributed by atoms with Gasteiger partial charge in [0, 0.05) is 19.5 Å². The Balaban J connectivity index is 2.15. The van der Waals surface area contributed by atoms with Gasteiger partial charge in [-0.2, -0.15) is 0 Å². The molecule has 1 aliphatic rings. The molecule has 1 heterocycles. The highest BCUT2D eigenvalue weighted by atomic mass is 16.2. The first-order valence-electron chi connectivity index (χ1n) is 4.25. The highest BCUT2D eigenvalue weighted by Crippen LogP contribution is 1.96. The second-order valence-corrected chi connectivity index (χ2v) is 2.93. The van der Waals surface area contributed by atoms with Crippen LogP contribution in [0.15, 0.2) is 0 Å². The van der Waals surface area contributed by atoms with E-state index in [0.29, 0.717) is 6.54 Å². The Labute approximate surface area is 73.1 Å². The van der Waals surface area contributed by atoms with Crippen molar-refractivity contribution in [1.82, 2.24) is 10.2 Å². The first-order chi connectivity index (χ1) is 5.83. The summed E-state index contributed by atoms with van der Waals surface area (Å²) in [7, 11) is 0. The largest absolute Gasteiger partial charge is 0.354 e. The number of hydrogen-bond acceptors (Lipinski definition) is 2.